The Labute approximate surface area is 180 Å². The first kappa shape index (κ1) is 22.5. The van der Waals surface area contributed by atoms with Crippen LogP contribution in [0.1, 0.15) is 56.0 Å². The van der Waals surface area contributed by atoms with Gasteiger partial charge in [0.2, 0.25) is 5.91 Å². The molecule has 0 N–H and O–H groups in total. The lowest BCUT2D eigenvalue weighted by Crippen LogP contribution is -2.36. The van der Waals surface area contributed by atoms with Gasteiger partial charge in [0.1, 0.15) is 6.04 Å². The molecule has 2 aromatic rings. The molecule has 1 fully saturated rings. The van der Waals surface area contributed by atoms with Crippen molar-refractivity contribution in [2.45, 2.75) is 57.4 Å². The van der Waals surface area contributed by atoms with Gasteiger partial charge in [-0.05, 0) is 22.6 Å². The number of hydrogen-bond donors (Lipinski definition) is 0. The number of hydrogen-bond acceptors (Lipinski definition) is 4. The molecular formula is C24H25F2N3O2. The van der Waals surface area contributed by atoms with Crippen molar-refractivity contribution in [1.29, 1.82) is 5.26 Å². The molecule has 1 aromatic carbocycles. The van der Waals surface area contributed by atoms with E-state index in [1.165, 1.54) is 6.20 Å². The number of rotatable bonds is 5. The Bertz CT molecular complexity index is 1040. The highest BCUT2D eigenvalue weighted by atomic mass is 19.3. The summed E-state index contributed by atoms with van der Waals surface area (Å²) < 4.78 is 27.2. The molecule has 2 heterocycles. The lowest BCUT2D eigenvalue weighted by atomic mass is 9.81. The monoisotopic (exact) mass is 425 g/mol. The average molecular weight is 425 g/mol. The molecule has 7 heteroatoms. The van der Waals surface area contributed by atoms with Gasteiger partial charge in [0.15, 0.2) is 5.78 Å². The van der Waals surface area contributed by atoms with Crippen molar-refractivity contribution in [1.82, 2.24) is 9.88 Å². The zero-order valence-corrected chi connectivity index (χ0v) is 17.9. The predicted molar refractivity (Wildman–Crippen MR) is 113 cm³/mol. The molecule has 0 radical (unpaired) electrons. The van der Waals surface area contributed by atoms with E-state index >= 15 is 0 Å². The third-order valence-corrected chi connectivity index (χ3v) is 5.45. The van der Waals surface area contributed by atoms with Crippen LogP contribution in [0.4, 0.5) is 8.78 Å². The lowest BCUT2D eigenvalue weighted by molar-refractivity contribution is -0.132. The molecule has 0 saturated carbocycles. The number of alkyl halides is 2. The standard InChI is InChI=1S/C24H25F2N3O2/c1-23(2,3)20-7-5-4-6-17(20)19-14-28-11-10-18(19)21(30)8-9-22(31)29-15-24(25,26)12-16(29)13-27/h4-7,10-11,14,16H,8-9,12,15H2,1-3H3/t16-/m0/s1. The van der Waals surface area contributed by atoms with E-state index in [2.05, 4.69) is 25.8 Å². The van der Waals surface area contributed by atoms with Gasteiger partial charge in [-0.15, -0.1) is 0 Å². The molecule has 0 spiro atoms. The molecule has 0 bridgehead atoms. The third kappa shape index (κ3) is 4.96. The van der Waals surface area contributed by atoms with E-state index in [1.54, 1.807) is 18.3 Å². The lowest BCUT2D eigenvalue weighted by Gasteiger charge is -2.24. The van der Waals surface area contributed by atoms with Gasteiger partial charge in [-0.1, -0.05) is 45.0 Å². The second-order valence-corrected chi connectivity index (χ2v) is 8.87. The number of carbonyl (C=O) groups is 2. The summed E-state index contributed by atoms with van der Waals surface area (Å²) in [5, 5.41) is 9.08. The molecule has 5 nitrogen and oxygen atoms in total. The Hall–Kier alpha value is -3.14. The van der Waals surface area contributed by atoms with Crippen LogP contribution in [0.2, 0.25) is 0 Å². The molecule has 162 valence electrons. The fourth-order valence-electron chi connectivity index (χ4n) is 3.92. The minimum absolute atomic E-state index is 0.131. The van der Waals surface area contributed by atoms with Crippen LogP contribution in [-0.2, 0) is 10.2 Å². The van der Waals surface area contributed by atoms with Gasteiger partial charge in [-0.2, -0.15) is 5.26 Å². The molecule has 0 unspecified atom stereocenters. The number of likely N-dealkylation sites (tertiary alicyclic amines) is 1. The first-order valence-electron chi connectivity index (χ1n) is 10.2. The van der Waals surface area contributed by atoms with E-state index in [-0.39, 0.29) is 24.0 Å². The summed E-state index contributed by atoms with van der Waals surface area (Å²) in [5.74, 6) is -3.95. The highest BCUT2D eigenvalue weighted by Gasteiger charge is 2.47. The second kappa shape index (κ2) is 8.54. The maximum Gasteiger partial charge on any atom is 0.268 e. The van der Waals surface area contributed by atoms with Gasteiger partial charge in [0.25, 0.3) is 5.92 Å². The van der Waals surface area contributed by atoms with Gasteiger partial charge in [-0.25, -0.2) is 8.78 Å². The van der Waals surface area contributed by atoms with Crippen LogP contribution in [0.3, 0.4) is 0 Å². The smallest absolute Gasteiger partial charge is 0.268 e. The number of pyridine rings is 1. The molecular weight excluding hydrogens is 400 g/mol. The Balaban J connectivity index is 1.81. The van der Waals surface area contributed by atoms with E-state index < -0.39 is 30.8 Å². The number of aromatic nitrogens is 1. The third-order valence-electron chi connectivity index (χ3n) is 5.45. The number of Topliss-reactive ketones (excluding diaryl/α,β-unsaturated/α-hetero) is 1. The van der Waals surface area contributed by atoms with Crippen molar-refractivity contribution in [3.05, 3.63) is 53.9 Å². The summed E-state index contributed by atoms with van der Waals surface area (Å²) in [4.78, 5) is 30.5. The summed E-state index contributed by atoms with van der Waals surface area (Å²) in [6, 6.07) is 9.99. The van der Waals surface area contributed by atoms with Crippen molar-refractivity contribution in [3.63, 3.8) is 0 Å². The number of nitrogens with zero attached hydrogens (tertiary/aromatic N) is 3. The van der Waals surface area contributed by atoms with E-state index in [0.29, 0.717) is 11.1 Å². The quantitative estimate of drug-likeness (QED) is 0.647. The summed E-state index contributed by atoms with van der Waals surface area (Å²) in [6.45, 7) is 5.47. The molecule has 1 amide bonds. The van der Waals surface area contributed by atoms with E-state index in [4.69, 9.17) is 5.26 Å². The predicted octanol–water partition coefficient (Wildman–Crippen LogP) is 4.77. The molecule has 3 rings (SSSR count). The Morgan fingerprint density at radius 3 is 2.58 bits per heavy atom. The molecule has 1 atom stereocenters. The number of halogens is 2. The zero-order chi connectivity index (χ0) is 22.8. The average Bonchev–Trinajstić information content (AvgIpc) is 3.06. The number of amides is 1. The molecule has 1 aliphatic rings. The highest BCUT2D eigenvalue weighted by Crippen LogP contribution is 2.35. The normalized spacial score (nSPS) is 17.9. The Morgan fingerprint density at radius 2 is 1.90 bits per heavy atom. The molecule has 0 aliphatic carbocycles. The van der Waals surface area contributed by atoms with Crippen molar-refractivity contribution in [2.24, 2.45) is 0 Å². The maximum atomic E-state index is 13.6. The topological polar surface area (TPSA) is 74.1 Å². The van der Waals surface area contributed by atoms with Crippen LogP contribution < -0.4 is 0 Å². The van der Waals surface area contributed by atoms with Gasteiger partial charge in [-0.3, -0.25) is 14.6 Å². The van der Waals surface area contributed by atoms with Crippen LogP contribution in [-0.4, -0.2) is 40.1 Å². The fraction of sp³-hybridized carbons (Fsp3) is 0.417. The first-order chi connectivity index (χ1) is 14.5. The largest absolute Gasteiger partial charge is 0.320 e. The van der Waals surface area contributed by atoms with Crippen molar-refractivity contribution < 1.29 is 18.4 Å². The van der Waals surface area contributed by atoms with Crippen LogP contribution in [0.5, 0.6) is 0 Å². The first-order valence-corrected chi connectivity index (χ1v) is 10.2. The Morgan fingerprint density at radius 1 is 1.19 bits per heavy atom. The molecule has 1 aromatic heterocycles. The van der Waals surface area contributed by atoms with Gasteiger partial charge >= 0.3 is 0 Å². The number of nitriles is 1. The maximum absolute atomic E-state index is 13.6. The van der Waals surface area contributed by atoms with Gasteiger partial charge < -0.3 is 4.90 Å². The van der Waals surface area contributed by atoms with Crippen LogP contribution in [0.15, 0.2) is 42.7 Å². The summed E-state index contributed by atoms with van der Waals surface area (Å²) >= 11 is 0. The number of ketones is 1. The van der Waals surface area contributed by atoms with Crippen LogP contribution in [0, 0.1) is 11.3 Å². The summed E-state index contributed by atoms with van der Waals surface area (Å²) in [7, 11) is 0. The summed E-state index contributed by atoms with van der Waals surface area (Å²) in [5.41, 5.74) is 2.90. The number of carbonyl (C=O) groups excluding carboxylic acids is 2. The zero-order valence-electron chi connectivity index (χ0n) is 17.9. The van der Waals surface area contributed by atoms with Crippen molar-refractivity contribution >= 4 is 11.7 Å². The Kier molecular flexibility index (Phi) is 6.21. The molecule has 31 heavy (non-hydrogen) atoms. The van der Waals surface area contributed by atoms with E-state index in [0.717, 1.165) is 16.0 Å². The second-order valence-electron chi connectivity index (χ2n) is 8.87. The minimum Gasteiger partial charge on any atom is -0.320 e. The van der Waals surface area contributed by atoms with Crippen molar-refractivity contribution in [2.75, 3.05) is 6.54 Å². The molecule has 1 aliphatic heterocycles. The minimum atomic E-state index is -3.07. The van der Waals surface area contributed by atoms with Gasteiger partial charge in [0.05, 0.1) is 12.6 Å². The van der Waals surface area contributed by atoms with Crippen LogP contribution >= 0.6 is 0 Å². The summed E-state index contributed by atoms with van der Waals surface area (Å²) in [6.07, 6.45) is 2.13. The molecule has 1 saturated heterocycles. The fourth-order valence-corrected chi connectivity index (χ4v) is 3.92. The SMILES string of the molecule is CC(C)(C)c1ccccc1-c1cnccc1C(=O)CCC(=O)N1CC(F)(F)C[C@H]1C#N. The van der Waals surface area contributed by atoms with E-state index in [1.807, 2.05) is 24.3 Å². The number of benzene rings is 1. The van der Waals surface area contributed by atoms with E-state index in [9.17, 15) is 18.4 Å². The highest BCUT2D eigenvalue weighted by molar-refractivity contribution is 6.03. The van der Waals surface area contributed by atoms with Crippen molar-refractivity contribution in [3.8, 4) is 17.2 Å². The van der Waals surface area contributed by atoms with Crippen LogP contribution in [0.25, 0.3) is 11.1 Å². The van der Waals surface area contributed by atoms with Gasteiger partial charge in [0, 0.05) is 42.8 Å².